The van der Waals surface area contributed by atoms with Crippen molar-refractivity contribution in [2.45, 2.75) is 13.8 Å². The monoisotopic (exact) mass is 262 g/mol. The first-order valence-electron chi connectivity index (χ1n) is 5.45. The van der Waals surface area contributed by atoms with Crippen molar-refractivity contribution in [1.29, 1.82) is 0 Å². The summed E-state index contributed by atoms with van der Waals surface area (Å²) in [5.74, 6) is -0.499. The number of nitrogens with two attached hydrogens (primary N) is 1. The van der Waals surface area contributed by atoms with Crippen molar-refractivity contribution in [3.63, 3.8) is 0 Å². The summed E-state index contributed by atoms with van der Waals surface area (Å²) in [6, 6.07) is 6.02. The minimum Gasteiger partial charge on any atom is -0.464 e. The Morgan fingerprint density at radius 3 is 2.50 bits per heavy atom. The van der Waals surface area contributed by atoms with Crippen molar-refractivity contribution < 1.29 is 9.53 Å². The number of nitrogens with zero attached hydrogens (tertiary/aromatic N) is 1. The molecule has 0 aliphatic carbocycles. The molecule has 0 spiro atoms. The number of anilines is 1. The van der Waals surface area contributed by atoms with Gasteiger partial charge < -0.3 is 10.5 Å². The van der Waals surface area contributed by atoms with Crippen molar-refractivity contribution in [2.24, 2.45) is 0 Å². The molecule has 0 unspecified atom stereocenters. The molecule has 2 N–H and O–H groups in total. The van der Waals surface area contributed by atoms with E-state index in [1.807, 2.05) is 32.0 Å². The fraction of sp³-hybridized carbons (Fsp3) is 0.231. The first kappa shape index (κ1) is 12.6. The highest BCUT2D eigenvalue weighted by Crippen LogP contribution is 2.34. The van der Waals surface area contributed by atoms with Gasteiger partial charge in [-0.05, 0) is 25.0 Å². The van der Waals surface area contributed by atoms with Gasteiger partial charge in [0.1, 0.15) is 10.0 Å². The van der Waals surface area contributed by atoms with Gasteiger partial charge in [-0.25, -0.2) is 9.78 Å². The Hall–Kier alpha value is -1.88. The Balaban J connectivity index is 2.56. The number of benzene rings is 1. The summed E-state index contributed by atoms with van der Waals surface area (Å²) in [5.41, 5.74) is 9.26. The molecular weight excluding hydrogens is 248 g/mol. The smallest absolute Gasteiger partial charge is 0.359 e. The second-order valence-corrected chi connectivity index (χ2v) is 5.02. The second kappa shape index (κ2) is 4.78. The number of esters is 1. The van der Waals surface area contributed by atoms with Crippen LogP contribution in [0.15, 0.2) is 18.2 Å². The fourth-order valence-electron chi connectivity index (χ4n) is 1.83. The zero-order valence-corrected chi connectivity index (χ0v) is 11.3. The Morgan fingerprint density at radius 1 is 1.33 bits per heavy atom. The Morgan fingerprint density at radius 2 is 1.94 bits per heavy atom. The molecule has 0 atom stereocenters. The molecule has 0 amide bonds. The maximum atomic E-state index is 11.5. The number of ether oxygens (including phenoxy) is 1. The minimum absolute atomic E-state index is 0.195. The zero-order chi connectivity index (χ0) is 13.3. The van der Waals surface area contributed by atoms with E-state index < -0.39 is 5.97 Å². The van der Waals surface area contributed by atoms with Gasteiger partial charge in [-0.15, -0.1) is 0 Å². The highest BCUT2D eigenvalue weighted by Gasteiger charge is 2.19. The lowest BCUT2D eigenvalue weighted by Crippen LogP contribution is -2.04. The van der Waals surface area contributed by atoms with Gasteiger partial charge in [0, 0.05) is 5.56 Å². The van der Waals surface area contributed by atoms with Crippen LogP contribution in [0.2, 0.25) is 0 Å². The molecule has 1 aromatic carbocycles. The van der Waals surface area contributed by atoms with Crippen LogP contribution in [0.3, 0.4) is 0 Å². The van der Waals surface area contributed by atoms with Gasteiger partial charge in [-0.1, -0.05) is 29.5 Å². The number of carbonyl (C=O) groups excluding carboxylic acids is 1. The zero-order valence-electron chi connectivity index (χ0n) is 10.5. The third-order valence-corrected chi connectivity index (χ3v) is 3.63. The topological polar surface area (TPSA) is 65.2 Å². The predicted molar refractivity (Wildman–Crippen MR) is 72.8 cm³/mol. The van der Waals surface area contributed by atoms with Crippen LogP contribution < -0.4 is 5.73 Å². The fourth-order valence-corrected chi connectivity index (χ4v) is 2.83. The first-order chi connectivity index (χ1) is 8.54. The Bertz CT molecular complexity index is 585. The lowest BCUT2D eigenvalue weighted by atomic mass is 10.0. The number of rotatable bonds is 2. The predicted octanol–water partition coefficient (Wildman–Crippen LogP) is 2.80. The molecule has 0 radical (unpaired) electrons. The van der Waals surface area contributed by atoms with Gasteiger partial charge >= 0.3 is 5.97 Å². The molecule has 0 saturated heterocycles. The molecule has 0 aliphatic heterocycles. The number of aromatic nitrogens is 1. The second-order valence-electron chi connectivity index (χ2n) is 3.99. The number of hydrogen-bond acceptors (Lipinski definition) is 5. The summed E-state index contributed by atoms with van der Waals surface area (Å²) in [6.45, 7) is 4.02. The van der Waals surface area contributed by atoms with Crippen LogP contribution in [0.25, 0.3) is 10.6 Å². The maximum Gasteiger partial charge on any atom is 0.359 e. The first-order valence-corrected chi connectivity index (χ1v) is 6.27. The van der Waals surface area contributed by atoms with Crippen molar-refractivity contribution in [1.82, 2.24) is 4.98 Å². The van der Waals surface area contributed by atoms with Gasteiger partial charge in [-0.3, -0.25) is 0 Å². The standard InChI is InChI=1S/C13H14N2O2S/c1-7-5-4-6-8(2)9(7)12-15-10(11(14)18-12)13(16)17-3/h4-6H,14H2,1-3H3. The van der Waals surface area contributed by atoms with Gasteiger partial charge in [0.05, 0.1) is 7.11 Å². The highest BCUT2D eigenvalue weighted by molar-refractivity contribution is 7.19. The average molecular weight is 262 g/mol. The summed E-state index contributed by atoms with van der Waals surface area (Å²) in [4.78, 5) is 15.8. The summed E-state index contributed by atoms with van der Waals surface area (Å²) in [6.07, 6.45) is 0. The molecule has 18 heavy (non-hydrogen) atoms. The summed E-state index contributed by atoms with van der Waals surface area (Å²) >= 11 is 1.31. The molecule has 4 nitrogen and oxygen atoms in total. The van der Waals surface area contributed by atoms with E-state index in [2.05, 4.69) is 9.72 Å². The number of nitrogen functional groups attached to an aromatic ring is 1. The van der Waals surface area contributed by atoms with E-state index in [0.717, 1.165) is 21.7 Å². The number of hydrogen-bond donors (Lipinski definition) is 1. The number of methoxy groups -OCH3 is 1. The van der Waals surface area contributed by atoms with Gasteiger partial charge in [-0.2, -0.15) is 0 Å². The minimum atomic E-state index is -0.499. The summed E-state index contributed by atoms with van der Waals surface area (Å²) in [7, 11) is 1.32. The summed E-state index contributed by atoms with van der Waals surface area (Å²) in [5, 5.41) is 1.14. The van der Waals surface area contributed by atoms with Crippen LogP contribution in [0.5, 0.6) is 0 Å². The lowest BCUT2D eigenvalue weighted by Gasteiger charge is -2.05. The van der Waals surface area contributed by atoms with E-state index >= 15 is 0 Å². The van der Waals surface area contributed by atoms with E-state index in [1.165, 1.54) is 18.4 Å². The van der Waals surface area contributed by atoms with E-state index in [0.29, 0.717) is 5.00 Å². The highest BCUT2D eigenvalue weighted by atomic mass is 32.1. The van der Waals surface area contributed by atoms with Crippen LogP contribution in [0.4, 0.5) is 5.00 Å². The summed E-state index contributed by atoms with van der Waals surface area (Å²) < 4.78 is 4.65. The number of carbonyl (C=O) groups is 1. The molecule has 5 heteroatoms. The van der Waals surface area contributed by atoms with Crippen molar-refractivity contribution >= 4 is 22.3 Å². The average Bonchev–Trinajstić information content (AvgIpc) is 2.70. The van der Waals surface area contributed by atoms with Crippen LogP contribution in [0.1, 0.15) is 21.6 Å². The molecule has 1 aromatic heterocycles. The van der Waals surface area contributed by atoms with Crippen LogP contribution in [0, 0.1) is 13.8 Å². The molecule has 0 fully saturated rings. The molecular formula is C13H14N2O2S. The largest absolute Gasteiger partial charge is 0.464 e. The van der Waals surface area contributed by atoms with E-state index in [1.54, 1.807) is 0 Å². The van der Waals surface area contributed by atoms with Crippen molar-refractivity contribution in [3.05, 3.63) is 35.0 Å². The van der Waals surface area contributed by atoms with E-state index in [9.17, 15) is 4.79 Å². The molecule has 0 aliphatic rings. The van der Waals surface area contributed by atoms with Gasteiger partial charge in [0.25, 0.3) is 0 Å². The quantitative estimate of drug-likeness (QED) is 0.845. The Labute approximate surface area is 109 Å². The van der Waals surface area contributed by atoms with E-state index in [-0.39, 0.29) is 5.69 Å². The lowest BCUT2D eigenvalue weighted by molar-refractivity contribution is 0.0596. The molecule has 0 saturated carbocycles. The SMILES string of the molecule is COC(=O)c1nc(-c2c(C)cccc2C)sc1N. The van der Waals surface area contributed by atoms with Crippen molar-refractivity contribution in [2.75, 3.05) is 12.8 Å². The number of thiazole rings is 1. The normalized spacial score (nSPS) is 10.4. The molecule has 2 rings (SSSR count). The van der Waals surface area contributed by atoms with E-state index in [4.69, 9.17) is 5.73 Å². The molecule has 94 valence electrons. The van der Waals surface area contributed by atoms with Gasteiger partial charge in [0.15, 0.2) is 5.69 Å². The maximum absolute atomic E-state index is 11.5. The van der Waals surface area contributed by atoms with Crippen LogP contribution in [-0.2, 0) is 4.74 Å². The molecule has 1 heterocycles. The number of aryl methyl sites for hydroxylation is 2. The van der Waals surface area contributed by atoms with Crippen LogP contribution >= 0.6 is 11.3 Å². The van der Waals surface area contributed by atoms with Crippen LogP contribution in [-0.4, -0.2) is 18.1 Å². The molecule has 0 bridgehead atoms. The third-order valence-electron chi connectivity index (χ3n) is 2.73. The van der Waals surface area contributed by atoms with Crippen molar-refractivity contribution in [3.8, 4) is 10.6 Å². The Kier molecular flexibility index (Phi) is 3.34. The van der Waals surface area contributed by atoms with Gasteiger partial charge in [0.2, 0.25) is 0 Å². The molecule has 2 aromatic rings. The third kappa shape index (κ3) is 2.09.